The van der Waals surface area contributed by atoms with Crippen LogP contribution in [-0.2, 0) is 9.47 Å². The van der Waals surface area contributed by atoms with Gasteiger partial charge in [-0.15, -0.1) is 0 Å². The van der Waals surface area contributed by atoms with E-state index in [2.05, 4.69) is 62.4 Å². The average molecular weight is 855 g/mol. The average Bonchev–Trinajstić information content (AvgIpc) is 3.29. The monoisotopic (exact) mass is 855 g/mol. The molecule has 2 aliphatic rings. The predicted molar refractivity (Wildman–Crippen MR) is 249 cm³/mol. The van der Waals surface area contributed by atoms with Crippen LogP contribution in [0.4, 0.5) is 0 Å². The van der Waals surface area contributed by atoms with Gasteiger partial charge in [0.2, 0.25) is 0 Å². The number of hydrogen-bond donors (Lipinski definition) is 0. The van der Waals surface area contributed by atoms with Crippen LogP contribution in [0.2, 0.25) is 0 Å². The van der Waals surface area contributed by atoms with Crippen LogP contribution >= 0.6 is 0 Å². The van der Waals surface area contributed by atoms with E-state index < -0.39 is 11.9 Å². The lowest BCUT2D eigenvalue weighted by Crippen LogP contribution is -2.14. The van der Waals surface area contributed by atoms with Crippen molar-refractivity contribution < 1.29 is 38.0 Å². The van der Waals surface area contributed by atoms with Gasteiger partial charge in [-0.3, -0.25) is 0 Å². The second-order valence-electron chi connectivity index (χ2n) is 17.7. The molecule has 0 radical (unpaired) electrons. The Hall–Kier alpha value is -4.20. The Balaban J connectivity index is 1.000. The zero-order valence-electron chi connectivity index (χ0n) is 38.7. The van der Waals surface area contributed by atoms with E-state index in [-0.39, 0.29) is 24.3 Å². The summed E-state index contributed by atoms with van der Waals surface area (Å²) in [7, 11) is 0. The summed E-state index contributed by atoms with van der Waals surface area (Å²) < 4.78 is 35.1. The van der Waals surface area contributed by atoms with Crippen molar-refractivity contribution in [1.29, 1.82) is 0 Å². The SMILES string of the molecule is CCCC1CCC(c2ccc(OCCCCCCOc3cc(C(=O)OCC)c(OCCCCCCOc4ccc([C@H]5CC[C@H](CCC)CC5)cc4)cc3C(=O)OCC)cc2)CC1. The maximum absolute atomic E-state index is 13.1. The van der Waals surface area contributed by atoms with Crippen LogP contribution in [0.3, 0.4) is 0 Å². The molecule has 8 nitrogen and oxygen atoms in total. The number of unbranched alkanes of at least 4 members (excludes halogenated alkanes) is 6. The van der Waals surface area contributed by atoms with Crippen molar-refractivity contribution in [3.05, 3.63) is 82.9 Å². The first-order valence-electron chi connectivity index (χ1n) is 24.7. The Morgan fingerprint density at radius 2 is 0.790 bits per heavy atom. The minimum absolute atomic E-state index is 0.218. The lowest BCUT2D eigenvalue weighted by Gasteiger charge is -2.28. The van der Waals surface area contributed by atoms with Crippen molar-refractivity contribution in [3.63, 3.8) is 0 Å². The van der Waals surface area contributed by atoms with Crippen molar-refractivity contribution in [2.45, 2.75) is 168 Å². The lowest BCUT2D eigenvalue weighted by atomic mass is 9.77. The van der Waals surface area contributed by atoms with Gasteiger partial charge in [0.25, 0.3) is 0 Å². The summed E-state index contributed by atoms with van der Waals surface area (Å²) in [6.07, 6.45) is 23.4. The molecule has 0 unspecified atom stereocenters. The molecule has 2 aliphatic carbocycles. The number of carbonyl (C=O) groups is 2. The van der Waals surface area contributed by atoms with Gasteiger partial charge in [-0.1, -0.05) is 63.8 Å². The Morgan fingerprint density at radius 3 is 1.11 bits per heavy atom. The molecule has 0 spiro atoms. The Kier molecular flexibility index (Phi) is 21.9. The maximum Gasteiger partial charge on any atom is 0.342 e. The highest BCUT2D eigenvalue weighted by Crippen LogP contribution is 2.39. The smallest absolute Gasteiger partial charge is 0.342 e. The van der Waals surface area contributed by atoms with Crippen LogP contribution in [0.25, 0.3) is 0 Å². The van der Waals surface area contributed by atoms with E-state index in [0.717, 1.165) is 74.7 Å². The quantitative estimate of drug-likeness (QED) is 0.0527. The Labute approximate surface area is 374 Å². The topological polar surface area (TPSA) is 89.5 Å². The molecule has 0 amide bonds. The zero-order chi connectivity index (χ0) is 43.8. The van der Waals surface area contributed by atoms with E-state index in [4.69, 9.17) is 28.4 Å². The summed E-state index contributed by atoms with van der Waals surface area (Å²) in [5.74, 6) is 4.64. The first-order valence-corrected chi connectivity index (χ1v) is 24.7. The zero-order valence-corrected chi connectivity index (χ0v) is 38.7. The largest absolute Gasteiger partial charge is 0.494 e. The highest BCUT2D eigenvalue weighted by molar-refractivity contribution is 5.98. The van der Waals surface area contributed by atoms with E-state index in [1.807, 2.05) is 0 Å². The summed E-state index contributed by atoms with van der Waals surface area (Å²) in [5.41, 5.74) is 3.38. The van der Waals surface area contributed by atoms with Crippen LogP contribution in [0, 0.1) is 11.8 Å². The Morgan fingerprint density at radius 1 is 0.452 bits per heavy atom. The molecular formula is C54H78O8. The molecule has 0 N–H and O–H groups in total. The summed E-state index contributed by atoms with van der Waals surface area (Å²) in [4.78, 5) is 26.2. The van der Waals surface area contributed by atoms with Gasteiger partial charge < -0.3 is 28.4 Å². The summed E-state index contributed by atoms with van der Waals surface area (Å²) in [6, 6.07) is 20.7. The molecule has 3 aromatic rings. The predicted octanol–water partition coefficient (Wildman–Crippen LogP) is 14.2. The number of ether oxygens (including phenoxy) is 6. The van der Waals surface area contributed by atoms with E-state index in [1.54, 1.807) is 26.0 Å². The number of benzene rings is 3. The normalized spacial score (nSPS) is 18.8. The summed E-state index contributed by atoms with van der Waals surface area (Å²) >= 11 is 0. The number of esters is 2. The molecule has 0 aliphatic heterocycles. The van der Waals surface area contributed by atoms with Gasteiger partial charge >= 0.3 is 11.9 Å². The molecule has 342 valence electrons. The fourth-order valence-corrected chi connectivity index (χ4v) is 9.45. The van der Waals surface area contributed by atoms with E-state index >= 15 is 0 Å². The summed E-state index contributed by atoms with van der Waals surface area (Å²) in [5, 5.41) is 0. The third-order valence-corrected chi connectivity index (χ3v) is 13.0. The molecule has 8 heteroatoms. The van der Waals surface area contributed by atoms with Crippen molar-refractivity contribution in [1.82, 2.24) is 0 Å². The highest BCUT2D eigenvalue weighted by atomic mass is 16.5. The van der Waals surface area contributed by atoms with Crippen molar-refractivity contribution in [2.24, 2.45) is 11.8 Å². The van der Waals surface area contributed by atoms with Gasteiger partial charge in [-0.2, -0.15) is 0 Å². The molecule has 0 saturated heterocycles. The second kappa shape index (κ2) is 27.8. The highest BCUT2D eigenvalue weighted by Gasteiger charge is 2.25. The lowest BCUT2D eigenvalue weighted by molar-refractivity contribution is 0.0503. The number of hydrogen-bond acceptors (Lipinski definition) is 8. The fraction of sp³-hybridized carbons (Fsp3) is 0.630. The standard InChI is InChI=1S/C54H78O8/c1-5-17-41-19-23-43(24-20-41)45-27-31-47(32-28-45)59-35-13-9-11-15-37-61-51-39-50(54(56)58-8-4)52(40-49(51)53(55)57-7-3)62-38-16-12-10-14-36-60-48-33-29-46(30-34-48)44-25-21-42(18-6-2)22-26-44/h27-34,39-44H,5-26,35-38H2,1-4H3/t41-,42?,43-,44?. The van der Waals surface area contributed by atoms with Crippen LogP contribution in [-0.4, -0.2) is 51.6 Å². The number of carbonyl (C=O) groups excluding carboxylic acids is 2. The van der Waals surface area contributed by atoms with Crippen LogP contribution in [0.5, 0.6) is 23.0 Å². The van der Waals surface area contributed by atoms with E-state index in [9.17, 15) is 9.59 Å². The molecule has 0 heterocycles. The molecule has 3 aromatic carbocycles. The Bertz CT molecular complexity index is 1580. The van der Waals surface area contributed by atoms with Gasteiger partial charge in [0.05, 0.1) is 39.6 Å². The van der Waals surface area contributed by atoms with Crippen LogP contribution in [0.15, 0.2) is 60.7 Å². The molecular weight excluding hydrogens is 777 g/mol. The fourth-order valence-electron chi connectivity index (χ4n) is 9.45. The van der Waals surface area contributed by atoms with Gasteiger partial charge in [-0.05, 0) is 188 Å². The molecule has 2 fully saturated rings. The molecule has 0 bridgehead atoms. The van der Waals surface area contributed by atoms with E-state index in [0.29, 0.717) is 49.8 Å². The third kappa shape index (κ3) is 16.2. The third-order valence-electron chi connectivity index (χ3n) is 13.0. The van der Waals surface area contributed by atoms with Crippen molar-refractivity contribution in [3.8, 4) is 23.0 Å². The molecule has 2 saturated carbocycles. The molecule has 5 rings (SSSR count). The first-order chi connectivity index (χ1) is 30.4. The van der Waals surface area contributed by atoms with Gasteiger partial charge in [0, 0.05) is 0 Å². The van der Waals surface area contributed by atoms with Gasteiger partial charge in [0.1, 0.15) is 34.1 Å². The first kappa shape index (κ1) is 48.8. The van der Waals surface area contributed by atoms with Gasteiger partial charge in [-0.25, -0.2) is 9.59 Å². The number of rotatable bonds is 28. The van der Waals surface area contributed by atoms with Crippen molar-refractivity contribution in [2.75, 3.05) is 39.6 Å². The second-order valence-corrected chi connectivity index (χ2v) is 17.7. The van der Waals surface area contributed by atoms with Crippen LogP contribution < -0.4 is 18.9 Å². The minimum Gasteiger partial charge on any atom is -0.494 e. The maximum atomic E-state index is 13.1. The van der Waals surface area contributed by atoms with Crippen LogP contribution in [0.1, 0.15) is 200 Å². The minimum atomic E-state index is -0.517. The van der Waals surface area contributed by atoms with Crippen molar-refractivity contribution >= 4 is 11.9 Å². The van der Waals surface area contributed by atoms with E-state index in [1.165, 1.54) is 88.2 Å². The van der Waals surface area contributed by atoms with Gasteiger partial charge in [0.15, 0.2) is 0 Å². The summed E-state index contributed by atoms with van der Waals surface area (Å²) in [6.45, 7) is 10.7. The molecule has 0 aromatic heterocycles. The molecule has 62 heavy (non-hydrogen) atoms. The molecule has 0 atom stereocenters.